The fourth-order valence-corrected chi connectivity index (χ4v) is 2.83. The third-order valence-electron chi connectivity index (χ3n) is 2.70. The Labute approximate surface area is 143 Å². The van der Waals surface area contributed by atoms with Gasteiger partial charge in [0.25, 0.3) is 11.8 Å². The number of nitro groups is 1. The van der Waals surface area contributed by atoms with Crippen LogP contribution in [0.15, 0.2) is 17.7 Å². The smallest absolute Gasteiger partial charge is 0.312 e. The molecule has 0 radical (unpaired) electrons. The first kappa shape index (κ1) is 16.3. The van der Waals surface area contributed by atoms with Crippen LogP contribution in [0.25, 0.3) is 6.08 Å². The summed E-state index contributed by atoms with van der Waals surface area (Å²) in [6, 6.07) is 2.79. The number of hydrogen-bond acceptors (Lipinski definition) is 6. The second-order valence-corrected chi connectivity index (χ2v) is 5.68. The van der Waals surface area contributed by atoms with Crippen molar-refractivity contribution >= 4 is 63.5 Å². The Morgan fingerprint density at radius 3 is 2.41 bits per heavy atom. The van der Waals surface area contributed by atoms with E-state index in [4.69, 9.17) is 4.74 Å². The zero-order valence-corrected chi connectivity index (χ0v) is 14.0. The zero-order valence-electron chi connectivity index (χ0n) is 11.0. The van der Waals surface area contributed by atoms with Crippen LogP contribution in [0.1, 0.15) is 5.56 Å². The van der Waals surface area contributed by atoms with Crippen molar-refractivity contribution in [2.45, 2.75) is 0 Å². The monoisotopic (exact) mass is 433 g/mol. The second kappa shape index (κ2) is 6.36. The van der Waals surface area contributed by atoms with Gasteiger partial charge in [0, 0.05) is 6.07 Å². The molecule has 0 aromatic heterocycles. The van der Waals surface area contributed by atoms with Gasteiger partial charge in [-0.2, -0.15) is 0 Å². The number of nitrogens with zero attached hydrogens (tertiary/aromatic N) is 1. The van der Waals surface area contributed by atoms with Gasteiger partial charge in [-0.15, -0.1) is 0 Å². The second-order valence-electron chi connectivity index (χ2n) is 4.11. The van der Waals surface area contributed by atoms with Gasteiger partial charge in [0.15, 0.2) is 5.11 Å². The maximum Gasteiger partial charge on any atom is 0.312 e. The Balaban J connectivity index is 2.52. The molecule has 1 saturated heterocycles. The van der Waals surface area contributed by atoms with E-state index in [0.717, 1.165) is 0 Å². The van der Waals surface area contributed by atoms with Gasteiger partial charge in [0.1, 0.15) is 5.57 Å². The minimum atomic E-state index is -0.665. The summed E-state index contributed by atoms with van der Waals surface area (Å²) in [5, 5.41) is 15.6. The summed E-state index contributed by atoms with van der Waals surface area (Å²) in [5.74, 6) is -1.21. The highest BCUT2D eigenvalue weighted by molar-refractivity contribution is 14.1. The third kappa shape index (κ3) is 3.22. The van der Waals surface area contributed by atoms with Crippen LogP contribution < -0.4 is 15.4 Å². The number of amides is 2. The number of hydrogen-bond donors (Lipinski definition) is 2. The summed E-state index contributed by atoms with van der Waals surface area (Å²) in [5.41, 5.74) is -0.123. The van der Waals surface area contributed by atoms with Gasteiger partial charge in [0.05, 0.1) is 15.6 Å². The molecule has 2 rings (SSSR count). The number of rotatable bonds is 3. The molecule has 0 unspecified atom stereocenters. The van der Waals surface area contributed by atoms with E-state index >= 15 is 0 Å². The Hall–Kier alpha value is -2.08. The standard InChI is InChI=1S/C12H8IN3O5S/c1-21-9-7(13)3-5(4-8(9)16(19)20)2-6-10(17)14-12(22)15-11(6)18/h2-4H,1H3,(H2,14,15,17,18,22). The molecule has 0 bridgehead atoms. The van der Waals surface area contributed by atoms with Crippen molar-refractivity contribution in [3.8, 4) is 5.75 Å². The SMILES string of the molecule is COc1c(I)cc(C=C2C(=O)NC(=S)NC2=O)cc1[N+](=O)[O-]. The van der Waals surface area contributed by atoms with Crippen LogP contribution in [0.5, 0.6) is 5.75 Å². The lowest BCUT2D eigenvalue weighted by atomic mass is 10.1. The van der Waals surface area contributed by atoms with Crippen LogP contribution in [-0.4, -0.2) is 29.0 Å². The molecule has 0 aliphatic carbocycles. The number of carbonyl (C=O) groups is 2. The van der Waals surface area contributed by atoms with Crippen LogP contribution >= 0.6 is 34.8 Å². The molecule has 1 fully saturated rings. The third-order valence-corrected chi connectivity index (χ3v) is 3.71. The maximum absolute atomic E-state index is 11.8. The number of ether oxygens (including phenoxy) is 1. The van der Waals surface area contributed by atoms with Crippen LogP contribution in [0.3, 0.4) is 0 Å². The molecule has 0 spiro atoms. The van der Waals surface area contributed by atoms with Crippen molar-refractivity contribution in [2.24, 2.45) is 0 Å². The van der Waals surface area contributed by atoms with Gasteiger partial charge in [-0.3, -0.25) is 30.3 Å². The largest absolute Gasteiger partial charge is 0.489 e. The fraction of sp³-hybridized carbons (Fsp3) is 0.0833. The predicted octanol–water partition coefficient (Wildman–Crippen LogP) is 1.12. The number of carbonyl (C=O) groups excluding carboxylic acids is 2. The first-order chi connectivity index (χ1) is 10.3. The van der Waals surface area contributed by atoms with Crippen molar-refractivity contribution in [1.82, 2.24) is 10.6 Å². The number of benzene rings is 1. The Kier molecular flexibility index (Phi) is 4.71. The quantitative estimate of drug-likeness (QED) is 0.185. The molecule has 1 aliphatic heterocycles. The minimum absolute atomic E-state index is 0.0811. The summed E-state index contributed by atoms with van der Waals surface area (Å²) < 4.78 is 5.47. The van der Waals surface area contributed by atoms with E-state index in [1.54, 1.807) is 6.07 Å². The summed E-state index contributed by atoms with van der Waals surface area (Å²) in [4.78, 5) is 34.0. The zero-order chi connectivity index (χ0) is 16.4. The van der Waals surface area contributed by atoms with Crippen LogP contribution in [-0.2, 0) is 9.59 Å². The maximum atomic E-state index is 11.8. The van der Waals surface area contributed by atoms with Gasteiger partial charge in [0.2, 0.25) is 5.75 Å². The molecular weight excluding hydrogens is 425 g/mol. The fourth-order valence-electron chi connectivity index (χ4n) is 1.79. The summed E-state index contributed by atoms with van der Waals surface area (Å²) >= 11 is 6.56. The molecule has 1 heterocycles. The lowest BCUT2D eigenvalue weighted by molar-refractivity contribution is -0.385. The van der Waals surface area contributed by atoms with E-state index < -0.39 is 16.7 Å². The minimum Gasteiger partial charge on any atom is -0.489 e. The van der Waals surface area contributed by atoms with Crippen molar-refractivity contribution in [2.75, 3.05) is 7.11 Å². The average Bonchev–Trinajstić information content (AvgIpc) is 2.42. The van der Waals surface area contributed by atoms with E-state index in [0.29, 0.717) is 9.13 Å². The van der Waals surface area contributed by atoms with Gasteiger partial charge in [-0.1, -0.05) is 0 Å². The highest BCUT2D eigenvalue weighted by Crippen LogP contribution is 2.34. The summed E-state index contributed by atoms with van der Waals surface area (Å²) in [6.07, 6.45) is 1.25. The molecule has 1 aromatic rings. The molecule has 0 atom stereocenters. The van der Waals surface area contributed by atoms with Gasteiger partial charge in [-0.25, -0.2) is 0 Å². The number of thiocarbonyl (C=S) groups is 1. The average molecular weight is 433 g/mol. The molecule has 8 nitrogen and oxygen atoms in total. The Morgan fingerprint density at radius 1 is 1.32 bits per heavy atom. The Morgan fingerprint density at radius 2 is 1.91 bits per heavy atom. The van der Waals surface area contributed by atoms with E-state index in [2.05, 4.69) is 22.9 Å². The normalized spacial score (nSPS) is 14.3. The number of nitro benzene ring substituents is 1. The summed E-state index contributed by atoms with van der Waals surface area (Å²) in [7, 11) is 1.33. The molecule has 0 saturated carbocycles. The molecule has 10 heteroatoms. The van der Waals surface area contributed by atoms with E-state index in [1.807, 2.05) is 22.6 Å². The Bertz CT molecular complexity index is 725. The van der Waals surface area contributed by atoms with Crippen molar-refractivity contribution in [3.05, 3.63) is 37.0 Å². The predicted molar refractivity (Wildman–Crippen MR) is 89.2 cm³/mol. The van der Waals surface area contributed by atoms with Gasteiger partial charge >= 0.3 is 5.69 Å². The first-order valence-electron chi connectivity index (χ1n) is 5.73. The van der Waals surface area contributed by atoms with E-state index in [9.17, 15) is 19.7 Å². The van der Waals surface area contributed by atoms with Crippen molar-refractivity contribution < 1.29 is 19.2 Å². The molecule has 114 valence electrons. The lowest BCUT2D eigenvalue weighted by Gasteiger charge is -2.16. The van der Waals surface area contributed by atoms with Crippen LogP contribution in [0.4, 0.5) is 5.69 Å². The van der Waals surface area contributed by atoms with E-state index in [-0.39, 0.29) is 22.1 Å². The van der Waals surface area contributed by atoms with Gasteiger partial charge in [-0.05, 0) is 52.5 Å². The molecule has 1 aliphatic rings. The molecule has 1 aromatic carbocycles. The molecule has 2 amide bonds. The molecule has 2 N–H and O–H groups in total. The highest BCUT2D eigenvalue weighted by atomic mass is 127. The van der Waals surface area contributed by atoms with Crippen molar-refractivity contribution in [1.29, 1.82) is 0 Å². The molecule has 22 heavy (non-hydrogen) atoms. The molecular formula is C12H8IN3O5S. The lowest BCUT2D eigenvalue weighted by Crippen LogP contribution is -2.51. The van der Waals surface area contributed by atoms with Crippen LogP contribution in [0.2, 0.25) is 0 Å². The topological polar surface area (TPSA) is 111 Å². The number of halogens is 1. The van der Waals surface area contributed by atoms with Gasteiger partial charge < -0.3 is 4.74 Å². The van der Waals surface area contributed by atoms with Crippen molar-refractivity contribution in [3.63, 3.8) is 0 Å². The van der Waals surface area contributed by atoms with Crippen LogP contribution in [0, 0.1) is 13.7 Å². The summed E-state index contributed by atoms with van der Waals surface area (Å²) in [6.45, 7) is 0. The van der Waals surface area contributed by atoms with E-state index in [1.165, 1.54) is 19.3 Å². The highest BCUT2D eigenvalue weighted by Gasteiger charge is 2.26. The number of nitrogens with one attached hydrogen (secondary N) is 2. The first-order valence-corrected chi connectivity index (χ1v) is 7.22. The number of methoxy groups -OCH3 is 1.